The number of hydrogen-bond donors (Lipinski definition) is 1. The minimum absolute atomic E-state index is 0.200. The first kappa shape index (κ1) is 20.6. The van der Waals surface area contributed by atoms with E-state index < -0.39 is 5.69 Å². The molecule has 1 N–H and O–H groups in total. The molecule has 8 nitrogen and oxygen atoms in total. The number of imidazole rings is 1. The number of hydrogen-bond acceptors (Lipinski definition) is 5. The van der Waals surface area contributed by atoms with Crippen LogP contribution in [0.2, 0.25) is 0 Å². The van der Waals surface area contributed by atoms with Crippen LogP contribution in [0.4, 0.5) is 5.95 Å². The van der Waals surface area contributed by atoms with Crippen molar-refractivity contribution in [3.05, 3.63) is 92.6 Å². The molecule has 4 rings (SSSR count). The van der Waals surface area contributed by atoms with Crippen LogP contribution in [0.1, 0.15) is 11.1 Å². The summed E-state index contributed by atoms with van der Waals surface area (Å²) in [5.41, 5.74) is 1.91. The van der Waals surface area contributed by atoms with Crippen LogP contribution >= 0.6 is 0 Å². The fourth-order valence-electron chi connectivity index (χ4n) is 3.60. The molecule has 2 aromatic heterocycles. The maximum Gasteiger partial charge on any atom is 0.332 e. The normalized spacial score (nSPS) is 11.2. The Hall–Kier alpha value is -3.65. The molecule has 0 atom stereocenters. The summed E-state index contributed by atoms with van der Waals surface area (Å²) in [6.07, 6.45) is 0. The van der Waals surface area contributed by atoms with Gasteiger partial charge in [0, 0.05) is 20.7 Å². The van der Waals surface area contributed by atoms with Crippen molar-refractivity contribution >= 4 is 17.1 Å². The largest absolute Gasteiger partial charge is 0.383 e. The molecule has 0 aliphatic rings. The summed E-state index contributed by atoms with van der Waals surface area (Å²) >= 11 is 0. The highest BCUT2D eigenvalue weighted by Gasteiger charge is 2.20. The topological polar surface area (TPSA) is 83.1 Å². The van der Waals surface area contributed by atoms with Gasteiger partial charge in [-0.25, -0.2) is 4.79 Å². The molecule has 8 heteroatoms. The van der Waals surface area contributed by atoms with Crippen LogP contribution in [0.15, 0.2) is 70.3 Å². The maximum absolute atomic E-state index is 13.5. The van der Waals surface area contributed by atoms with Crippen LogP contribution in [0.5, 0.6) is 0 Å². The summed E-state index contributed by atoms with van der Waals surface area (Å²) in [4.78, 5) is 31.1. The van der Waals surface area contributed by atoms with Gasteiger partial charge in [0.15, 0.2) is 11.2 Å². The van der Waals surface area contributed by atoms with E-state index in [0.29, 0.717) is 36.8 Å². The number of nitrogens with zero attached hydrogens (tertiary/aromatic N) is 4. The molecular formula is C23H25N5O3. The first-order chi connectivity index (χ1) is 15.1. The number of rotatable bonds is 8. The number of benzene rings is 2. The third kappa shape index (κ3) is 4.15. The Morgan fingerprint density at radius 2 is 1.48 bits per heavy atom. The van der Waals surface area contributed by atoms with Gasteiger partial charge in [0.1, 0.15) is 0 Å². The first-order valence-electron chi connectivity index (χ1n) is 10.1. The summed E-state index contributed by atoms with van der Waals surface area (Å²) in [7, 11) is 3.27. The molecule has 4 aromatic rings. The fraction of sp³-hybridized carbons (Fsp3) is 0.261. The lowest BCUT2D eigenvalue weighted by Gasteiger charge is -2.12. The molecule has 0 saturated carbocycles. The van der Waals surface area contributed by atoms with E-state index in [1.807, 2.05) is 65.2 Å². The minimum Gasteiger partial charge on any atom is -0.383 e. The zero-order chi connectivity index (χ0) is 21.8. The third-order valence-electron chi connectivity index (χ3n) is 5.19. The molecule has 0 fully saturated rings. The second-order valence-corrected chi connectivity index (χ2v) is 7.32. The van der Waals surface area contributed by atoms with E-state index >= 15 is 0 Å². The lowest BCUT2D eigenvalue weighted by molar-refractivity contribution is 0.210. The first-order valence-corrected chi connectivity index (χ1v) is 10.1. The lowest BCUT2D eigenvalue weighted by Crippen LogP contribution is -2.40. The van der Waals surface area contributed by atoms with Crippen molar-refractivity contribution in [2.45, 2.75) is 13.1 Å². The number of aromatic nitrogens is 4. The third-order valence-corrected chi connectivity index (χ3v) is 5.19. The number of ether oxygens (including phenoxy) is 1. The number of aryl methyl sites for hydroxylation is 1. The summed E-state index contributed by atoms with van der Waals surface area (Å²) in [6, 6.07) is 19.3. The molecule has 160 valence electrons. The van der Waals surface area contributed by atoms with Gasteiger partial charge in [0.25, 0.3) is 5.56 Å². The zero-order valence-electron chi connectivity index (χ0n) is 17.6. The number of methoxy groups -OCH3 is 1. The van der Waals surface area contributed by atoms with Gasteiger partial charge in [-0.1, -0.05) is 60.7 Å². The Balaban J connectivity index is 1.89. The molecule has 0 radical (unpaired) electrons. The van der Waals surface area contributed by atoms with E-state index in [1.54, 1.807) is 14.2 Å². The molecule has 0 saturated heterocycles. The summed E-state index contributed by atoms with van der Waals surface area (Å²) in [5.74, 6) is 0.528. The fourth-order valence-corrected chi connectivity index (χ4v) is 3.60. The highest BCUT2D eigenvalue weighted by atomic mass is 16.5. The molecule has 0 aliphatic carbocycles. The van der Waals surface area contributed by atoms with Crippen LogP contribution in [-0.4, -0.2) is 38.9 Å². The van der Waals surface area contributed by atoms with Gasteiger partial charge >= 0.3 is 5.69 Å². The van der Waals surface area contributed by atoms with Crippen LogP contribution in [0.25, 0.3) is 11.2 Å². The summed E-state index contributed by atoms with van der Waals surface area (Å²) < 4.78 is 9.66. The molecule has 0 bridgehead atoms. The van der Waals surface area contributed by atoms with Gasteiger partial charge in [-0.2, -0.15) is 4.98 Å². The smallest absolute Gasteiger partial charge is 0.332 e. The summed E-state index contributed by atoms with van der Waals surface area (Å²) in [5, 5.41) is 3.23. The van der Waals surface area contributed by atoms with Gasteiger partial charge in [-0.3, -0.25) is 18.5 Å². The lowest BCUT2D eigenvalue weighted by atomic mass is 10.2. The van der Waals surface area contributed by atoms with E-state index in [2.05, 4.69) is 10.3 Å². The van der Waals surface area contributed by atoms with E-state index in [9.17, 15) is 9.59 Å². The van der Waals surface area contributed by atoms with Crippen molar-refractivity contribution in [2.24, 2.45) is 7.05 Å². The number of fused-ring (bicyclic) bond motifs is 1. The van der Waals surface area contributed by atoms with Crippen molar-refractivity contribution in [1.82, 2.24) is 18.7 Å². The quantitative estimate of drug-likeness (QED) is 0.442. The molecule has 31 heavy (non-hydrogen) atoms. The van der Waals surface area contributed by atoms with Crippen LogP contribution in [0.3, 0.4) is 0 Å². The van der Waals surface area contributed by atoms with Crippen molar-refractivity contribution in [3.63, 3.8) is 0 Å². The number of nitrogens with one attached hydrogen (secondary N) is 1. The van der Waals surface area contributed by atoms with E-state index in [4.69, 9.17) is 4.74 Å². The molecule has 0 aliphatic heterocycles. The molecule has 0 unspecified atom stereocenters. The van der Waals surface area contributed by atoms with E-state index in [1.165, 1.54) is 9.13 Å². The second kappa shape index (κ2) is 9.01. The molecule has 2 aromatic carbocycles. The maximum atomic E-state index is 13.5. The van der Waals surface area contributed by atoms with Crippen molar-refractivity contribution in [1.29, 1.82) is 0 Å². The highest BCUT2D eigenvalue weighted by Crippen LogP contribution is 2.18. The van der Waals surface area contributed by atoms with Gasteiger partial charge in [0.2, 0.25) is 5.95 Å². The molecular weight excluding hydrogens is 394 g/mol. The Morgan fingerprint density at radius 3 is 2.06 bits per heavy atom. The Labute approximate surface area is 179 Å². The van der Waals surface area contributed by atoms with Gasteiger partial charge in [0.05, 0.1) is 19.7 Å². The standard InChI is InChI=1S/C23H25N5O3/c1-26-20-19(21(29)28(23(26)30)16-18-11-7-4-8-12-18)27(15-17-9-5-3-6-10-17)22(25-20)24-13-14-31-2/h3-12H,13-16H2,1-2H3,(H,24,25). The van der Waals surface area contributed by atoms with Crippen molar-refractivity contribution in [3.8, 4) is 0 Å². The van der Waals surface area contributed by atoms with Crippen molar-refractivity contribution < 1.29 is 4.74 Å². The molecule has 2 heterocycles. The van der Waals surface area contributed by atoms with Crippen LogP contribution in [-0.2, 0) is 24.9 Å². The Morgan fingerprint density at radius 1 is 0.903 bits per heavy atom. The SMILES string of the molecule is COCCNc1nc2c(c(=O)n(Cc3ccccc3)c(=O)n2C)n1Cc1ccccc1. The average Bonchev–Trinajstić information content (AvgIpc) is 3.15. The summed E-state index contributed by atoms with van der Waals surface area (Å²) in [6.45, 7) is 1.67. The average molecular weight is 419 g/mol. The monoisotopic (exact) mass is 419 g/mol. The van der Waals surface area contributed by atoms with E-state index in [-0.39, 0.29) is 12.1 Å². The molecule has 0 spiro atoms. The van der Waals surface area contributed by atoms with Crippen LogP contribution in [0, 0.1) is 0 Å². The molecule has 0 amide bonds. The zero-order valence-corrected chi connectivity index (χ0v) is 17.6. The Kier molecular flexibility index (Phi) is 5.99. The van der Waals surface area contributed by atoms with Crippen LogP contribution < -0.4 is 16.6 Å². The van der Waals surface area contributed by atoms with E-state index in [0.717, 1.165) is 11.1 Å². The predicted octanol–water partition coefficient (Wildman–Crippen LogP) is 2.05. The highest BCUT2D eigenvalue weighted by molar-refractivity contribution is 5.74. The van der Waals surface area contributed by atoms with Gasteiger partial charge in [-0.05, 0) is 11.1 Å². The predicted molar refractivity (Wildman–Crippen MR) is 121 cm³/mol. The minimum atomic E-state index is -0.394. The second-order valence-electron chi connectivity index (χ2n) is 7.32. The van der Waals surface area contributed by atoms with Crippen molar-refractivity contribution in [2.75, 3.05) is 25.6 Å². The number of anilines is 1. The van der Waals surface area contributed by atoms with Gasteiger partial charge in [-0.15, -0.1) is 0 Å². The van der Waals surface area contributed by atoms with Gasteiger partial charge < -0.3 is 10.1 Å². The Bertz CT molecular complexity index is 1290.